The maximum absolute atomic E-state index is 5.36. The van der Waals surface area contributed by atoms with Gasteiger partial charge in [-0.05, 0) is 30.8 Å². The Morgan fingerprint density at radius 3 is 2.78 bits per heavy atom. The molecule has 2 heterocycles. The van der Waals surface area contributed by atoms with E-state index >= 15 is 0 Å². The van der Waals surface area contributed by atoms with Crippen molar-refractivity contribution in [3.8, 4) is 0 Å². The first-order valence-electron chi connectivity index (χ1n) is 5.82. The number of nitrogens with one attached hydrogen (secondary N) is 1. The number of hydrogen-bond acceptors (Lipinski definition) is 2. The molecule has 0 radical (unpaired) electrons. The number of aromatic nitrogens is 3. The summed E-state index contributed by atoms with van der Waals surface area (Å²) in [6, 6.07) is 10.5. The zero-order valence-corrected chi connectivity index (χ0v) is 10.9. The van der Waals surface area contributed by atoms with Crippen LogP contribution in [0.3, 0.4) is 0 Å². The molecule has 0 atom stereocenters. The third kappa shape index (κ3) is 1.95. The lowest BCUT2D eigenvalue weighted by Gasteiger charge is -2.05. The second kappa shape index (κ2) is 4.38. The first-order chi connectivity index (χ1) is 8.74. The lowest BCUT2D eigenvalue weighted by molar-refractivity contribution is 0.810. The van der Waals surface area contributed by atoms with Crippen LogP contribution in [0, 0.1) is 11.7 Å². The van der Waals surface area contributed by atoms with E-state index in [1.54, 1.807) is 12.4 Å². The molecular formula is C14H13N3S. The van der Waals surface area contributed by atoms with Crippen LogP contribution in [0.25, 0.3) is 11.0 Å². The molecule has 0 saturated carbocycles. The average Bonchev–Trinajstić information content (AvgIpc) is 2.69. The van der Waals surface area contributed by atoms with Crippen molar-refractivity contribution in [3.05, 3.63) is 58.6 Å². The number of pyridine rings is 1. The summed E-state index contributed by atoms with van der Waals surface area (Å²) in [4.78, 5) is 7.27. The zero-order chi connectivity index (χ0) is 12.5. The Labute approximate surface area is 110 Å². The SMILES string of the molecule is Cc1ccc(Cn2c(=S)[nH]c3cnccc32)cc1. The molecule has 90 valence electrons. The molecule has 3 rings (SSSR count). The molecule has 0 aliphatic rings. The maximum Gasteiger partial charge on any atom is 0.178 e. The number of hydrogen-bond donors (Lipinski definition) is 1. The van der Waals surface area contributed by atoms with Gasteiger partial charge in [-0.2, -0.15) is 0 Å². The summed E-state index contributed by atoms with van der Waals surface area (Å²) in [6.07, 6.45) is 3.59. The summed E-state index contributed by atoms with van der Waals surface area (Å²) >= 11 is 5.36. The van der Waals surface area contributed by atoms with Crippen molar-refractivity contribution in [2.24, 2.45) is 0 Å². The zero-order valence-electron chi connectivity index (χ0n) is 10.1. The van der Waals surface area contributed by atoms with Gasteiger partial charge < -0.3 is 9.55 Å². The standard InChI is InChI=1S/C14H13N3S/c1-10-2-4-11(5-3-10)9-17-13-6-7-15-8-12(13)16-14(17)18/h2-8H,9H2,1H3,(H,16,18). The predicted molar refractivity (Wildman–Crippen MR) is 75.2 cm³/mol. The fourth-order valence-electron chi connectivity index (χ4n) is 2.04. The van der Waals surface area contributed by atoms with Crippen molar-refractivity contribution in [1.29, 1.82) is 0 Å². The molecule has 18 heavy (non-hydrogen) atoms. The van der Waals surface area contributed by atoms with Gasteiger partial charge in [0, 0.05) is 6.20 Å². The lowest BCUT2D eigenvalue weighted by Crippen LogP contribution is -1.99. The highest BCUT2D eigenvalue weighted by Crippen LogP contribution is 2.14. The fraction of sp³-hybridized carbons (Fsp3) is 0.143. The number of benzene rings is 1. The van der Waals surface area contributed by atoms with E-state index in [9.17, 15) is 0 Å². The molecule has 1 N–H and O–H groups in total. The lowest BCUT2D eigenvalue weighted by atomic mass is 10.1. The van der Waals surface area contributed by atoms with Crippen molar-refractivity contribution in [2.45, 2.75) is 13.5 Å². The van der Waals surface area contributed by atoms with Gasteiger partial charge >= 0.3 is 0 Å². The minimum absolute atomic E-state index is 0.735. The third-order valence-corrected chi connectivity index (χ3v) is 3.36. The van der Waals surface area contributed by atoms with Gasteiger partial charge in [0.2, 0.25) is 0 Å². The van der Waals surface area contributed by atoms with Crippen LogP contribution in [0.15, 0.2) is 42.7 Å². The van der Waals surface area contributed by atoms with Crippen LogP contribution in [0.1, 0.15) is 11.1 Å². The number of nitrogens with zero attached hydrogens (tertiary/aromatic N) is 2. The molecule has 0 unspecified atom stereocenters. The van der Waals surface area contributed by atoms with Gasteiger partial charge in [-0.3, -0.25) is 4.98 Å². The topological polar surface area (TPSA) is 33.6 Å². The molecule has 3 aromatic rings. The second-order valence-electron chi connectivity index (χ2n) is 4.39. The quantitative estimate of drug-likeness (QED) is 0.712. The Balaban J connectivity index is 2.07. The molecule has 2 aromatic heterocycles. The molecule has 4 heteroatoms. The van der Waals surface area contributed by atoms with Gasteiger partial charge in [0.25, 0.3) is 0 Å². The molecule has 0 fully saturated rings. The van der Waals surface area contributed by atoms with Crippen LogP contribution in [0.2, 0.25) is 0 Å². The largest absolute Gasteiger partial charge is 0.329 e. The van der Waals surface area contributed by atoms with Crippen LogP contribution < -0.4 is 0 Å². The number of rotatable bonds is 2. The molecule has 0 saturated heterocycles. The molecule has 3 nitrogen and oxygen atoms in total. The minimum atomic E-state index is 0.735. The molecule has 0 aliphatic carbocycles. The number of fused-ring (bicyclic) bond motifs is 1. The highest BCUT2D eigenvalue weighted by molar-refractivity contribution is 7.71. The average molecular weight is 255 g/mol. The number of aromatic amines is 1. The smallest absolute Gasteiger partial charge is 0.178 e. The van der Waals surface area contributed by atoms with Crippen LogP contribution in [-0.2, 0) is 6.54 Å². The number of aryl methyl sites for hydroxylation is 1. The Morgan fingerprint density at radius 2 is 2.00 bits per heavy atom. The van der Waals surface area contributed by atoms with E-state index in [2.05, 4.69) is 45.7 Å². The first kappa shape index (κ1) is 11.2. The number of imidazole rings is 1. The summed E-state index contributed by atoms with van der Waals surface area (Å²) < 4.78 is 2.83. The van der Waals surface area contributed by atoms with Gasteiger partial charge in [0.05, 0.1) is 23.8 Å². The monoisotopic (exact) mass is 255 g/mol. The van der Waals surface area contributed by atoms with Crippen LogP contribution in [0.5, 0.6) is 0 Å². The van der Waals surface area contributed by atoms with E-state index in [1.165, 1.54) is 11.1 Å². The second-order valence-corrected chi connectivity index (χ2v) is 4.78. The van der Waals surface area contributed by atoms with Crippen molar-refractivity contribution >= 4 is 23.3 Å². The van der Waals surface area contributed by atoms with E-state index in [1.807, 2.05) is 6.07 Å². The van der Waals surface area contributed by atoms with Crippen LogP contribution >= 0.6 is 12.2 Å². The molecular weight excluding hydrogens is 242 g/mol. The highest BCUT2D eigenvalue weighted by Gasteiger charge is 2.04. The van der Waals surface area contributed by atoms with E-state index in [-0.39, 0.29) is 0 Å². The molecule has 0 bridgehead atoms. The number of H-pyrrole nitrogens is 1. The Morgan fingerprint density at radius 1 is 1.22 bits per heavy atom. The first-order valence-corrected chi connectivity index (χ1v) is 6.23. The fourth-order valence-corrected chi connectivity index (χ4v) is 2.32. The summed E-state index contributed by atoms with van der Waals surface area (Å²) in [6.45, 7) is 2.87. The normalized spacial score (nSPS) is 10.9. The molecule has 1 aromatic carbocycles. The van der Waals surface area contributed by atoms with Gasteiger partial charge in [0.15, 0.2) is 4.77 Å². The van der Waals surface area contributed by atoms with E-state index in [0.29, 0.717) is 0 Å². The van der Waals surface area contributed by atoms with Gasteiger partial charge in [-0.25, -0.2) is 0 Å². The summed E-state index contributed by atoms with van der Waals surface area (Å²) in [5.74, 6) is 0. The third-order valence-electron chi connectivity index (χ3n) is 3.04. The molecule has 0 aliphatic heterocycles. The van der Waals surface area contributed by atoms with Crippen LogP contribution in [0.4, 0.5) is 0 Å². The van der Waals surface area contributed by atoms with E-state index < -0.39 is 0 Å². The van der Waals surface area contributed by atoms with Gasteiger partial charge in [-0.15, -0.1) is 0 Å². The molecule has 0 amide bonds. The summed E-state index contributed by atoms with van der Waals surface area (Å²) in [7, 11) is 0. The summed E-state index contributed by atoms with van der Waals surface area (Å²) in [5, 5.41) is 0. The Hall–Kier alpha value is -1.94. The maximum atomic E-state index is 5.36. The van der Waals surface area contributed by atoms with Crippen molar-refractivity contribution in [2.75, 3.05) is 0 Å². The van der Waals surface area contributed by atoms with E-state index in [4.69, 9.17) is 12.2 Å². The van der Waals surface area contributed by atoms with Crippen molar-refractivity contribution in [1.82, 2.24) is 14.5 Å². The van der Waals surface area contributed by atoms with Gasteiger partial charge in [0.1, 0.15) is 0 Å². The van der Waals surface area contributed by atoms with Gasteiger partial charge in [-0.1, -0.05) is 29.8 Å². The highest BCUT2D eigenvalue weighted by atomic mass is 32.1. The summed E-state index contributed by atoms with van der Waals surface area (Å²) in [5.41, 5.74) is 4.59. The Kier molecular flexibility index (Phi) is 2.72. The van der Waals surface area contributed by atoms with Crippen LogP contribution in [-0.4, -0.2) is 14.5 Å². The Bertz CT molecular complexity index is 738. The van der Waals surface area contributed by atoms with Crippen molar-refractivity contribution in [3.63, 3.8) is 0 Å². The minimum Gasteiger partial charge on any atom is -0.329 e. The predicted octanol–water partition coefficient (Wildman–Crippen LogP) is 3.45. The van der Waals surface area contributed by atoms with Crippen molar-refractivity contribution < 1.29 is 0 Å². The molecule has 0 spiro atoms. The van der Waals surface area contributed by atoms with E-state index in [0.717, 1.165) is 22.3 Å².